The maximum atomic E-state index is 10.4. The SMILES string of the molecule is O=[N+]([O-])c1cc([N+](=O)[O-])c(O)c([N+](=O)[O-])c1.c1ccc(CCCCc2ccccn2)cc1. The van der Waals surface area contributed by atoms with Crippen molar-refractivity contribution in [3.63, 3.8) is 0 Å². The number of rotatable bonds is 8. The summed E-state index contributed by atoms with van der Waals surface area (Å²) in [5.74, 6) is -1.21. The number of pyridine rings is 1. The molecule has 0 unspecified atom stereocenters. The summed E-state index contributed by atoms with van der Waals surface area (Å²) in [5, 5.41) is 40.2. The van der Waals surface area contributed by atoms with Gasteiger partial charge in [0, 0.05) is 11.9 Å². The number of aromatic nitrogens is 1. The Hall–Kier alpha value is -4.41. The quantitative estimate of drug-likeness (QED) is 0.297. The highest BCUT2D eigenvalue weighted by Crippen LogP contribution is 2.38. The number of benzene rings is 2. The molecule has 0 aliphatic rings. The molecule has 0 spiro atoms. The van der Waals surface area contributed by atoms with E-state index in [1.54, 1.807) is 0 Å². The van der Waals surface area contributed by atoms with Crippen LogP contribution in [0.4, 0.5) is 17.1 Å². The summed E-state index contributed by atoms with van der Waals surface area (Å²) in [7, 11) is 0. The second-order valence-corrected chi connectivity index (χ2v) is 6.62. The van der Waals surface area contributed by atoms with Gasteiger partial charge in [-0.25, -0.2) is 0 Å². The zero-order valence-corrected chi connectivity index (χ0v) is 16.9. The lowest BCUT2D eigenvalue weighted by molar-refractivity contribution is -0.404. The number of hydrogen-bond donors (Lipinski definition) is 1. The molecule has 11 heteroatoms. The van der Waals surface area contributed by atoms with Crippen molar-refractivity contribution in [3.05, 3.63) is 108 Å². The third kappa shape index (κ3) is 7.13. The van der Waals surface area contributed by atoms with Gasteiger partial charge in [0.2, 0.25) is 0 Å². The van der Waals surface area contributed by atoms with Gasteiger partial charge in [-0.05, 0) is 43.4 Å². The topological polar surface area (TPSA) is 163 Å². The molecule has 0 aliphatic carbocycles. The van der Waals surface area contributed by atoms with Gasteiger partial charge >= 0.3 is 11.4 Å². The van der Waals surface area contributed by atoms with E-state index in [0.29, 0.717) is 12.1 Å². The molecule has 11 nitrogen and oxygen atoms in total. The van der Waals surface area contributed by atoms with Crippen molar-refractivity contribution >= 4 is 17.1 Å². The van der Waals surface area contributed by atoms with E-state index in [-0.39, 0.29) is 0 Å². The van der Waals surface area contributed by atoms with Crippen LogP contribution in [0.5, 0.6) is 5.75 Å². The third-order valence-corrected chi connectivity index (χ3v) is 4.38. The Labute approximate surface area is 182 Å². The van der Waals surface area contributed by atoms with Gasteiger partial charge in [0.05, 0.1) is 26.9 Å². The summed E-state index contributed by atoms with van der Waals surface area (Å²) < 4.78 is 0. The molecular weight excluding hydrogens is 420 g/mol. The van der Waals surface area contributed by atoms with E-state index >= 15 is 0 Å². The fourth-order valence-electron chi connectivity index (χ4n) is 2.80. The van der Waals surface area contributed by atoms with Crippen molar-refractivity contribution in [2.24, 2.45) is 0 Å². The Bertz CT molecular complexity index is 1000. The number of aryl methyl sites for hydroxylation is 2. The molecule has 32 heavy (non-hydrogen) atoms. The molecule has 1 N–H and O–H groups in total. The fraction of sp³-hybridized carbons (Fsp3) is 0.190. The number of nitrogens with zero attached hydrogens (tertiary/aromatic N) is 4. The molecule has 1 aromatic heterocycles. The Kier molecular flexibility index (Phi) is 8.72. The lowest BCUT2D eigenvalue weighted by atomic mass is 10.1. The molecule has 3 rings (SSSR count). The van der Waals surface area contributed by atoms with Gasteiger partial charge < -0.3 is 5.11 Å². The molecular formula is C21H20N4O7. The summed E-state index contributed by atoms with van der Waals surface area (Å²) in [4.78, 5) is 32.1. The highest BCUT2D eigenvalue weighted by atomic mass is 16.6. The highest BCUT2D eigenvalue weighted by Gasteiger charge is 2.30. The first-order chi connectivity index (χ1) is 15.3. The van der Waals surface area contributed by atoms with E-state index in [2.05, 4.69) is 47.4 Å². The minimum Gasteiger partial charge on any atom is -0.497 e. The van der Waals surface area contributed by atoms with Crippen molar-refractivity contribution in [2.75, 3.05) is 0 Å². The van der Waals surface area contributed by atoms with Gasteiger partial charge in [0.25, 0.3) is 11.4 Å². The Morgan fingerprint density at radius 2 is 1.31 bits per heavy atom. The fourth-order valence-corrected chi connectivity index (χ4v) is 2.80. The summed E-state index contributed by atoms with van der Waals surface area (Å²) >= 11 is 0. The molecule has 0 saturated carbocycles. The molecule has 0 radical (unpaired) electrons. The van der Waals surface area contributed by atoms with Crippen LogP contribution in [0, 0.1) is 30.3 Å². The van der Waals surface area contributed by atoms with E-state index in [1.807, 2.05) is 12.3 Å². The molecule has 0 atom stereocenters. The zero-order valence-electron chi connectivity index (χ0n) is 16.9. The van der Waals surface area contributed by atoms with Crippen molar-refractivity contribution < 1.29 is 19.9 Å². The minimum absolute atomic E-state index is 0.447. The van der Waals surface area contributed by atoms with E-state index in [1.165, 1.54) is 30.5 Å². The van der Waals surface area contributed by atoms with Crippen LogP contribution in [0.2, 0.25) is 0 Å². The number of aromatic hydroxyl groups is 1. The Balaban J connectivity index is 0.000000227. The normalized spacial score (nSPS) is 10.0. The second-order valence-electron chi connectivity index (χ2n) is 6.62. The maximum absolute atomic E-state index is 10.4. The monoisotopic (exact) mass is 440 g/mol. The Morgan fingerprint density at radius 3 is 1.81 bits per heavy atom. The van der Waals surface area contributed by atoms with E-state index in [4.69, 9.17) is 5.11 Å². The summed E-state index contributed by atoms with van der Waals surface area (Å²) in [6.07, 6.45) is 6.58. The molecule has 0 bridgehead atoms. The van der Waals surface area contributed by atoms with Crippen LogP contribution in [-0.2, 0) is 12.8 Å². The van der Waals surface area contributed by atoms with E-state index in [9.17, 15) is 30.3 Å². The first kappa shape index (κ1) is 23.9. The van der Waals surface area contributed by atoms with Gasteiger partial charge in [-0.15, -0.1) is 0 Å². The largest absolute Gasteiger partial charge is 0.497 e. The van der Waals surface area contributed by atoms with Crippen LogP contribution in [0.1, 0.15) is 24.1 Å². The third-order valence-electron chi connectivity index (χ3n) is 4.38. The summed E-state index contributed by atoms with van der Waals surface area (Å²) in [6.45, 7) is 0. The smallest absolute Gasteiger partial charge is 0.324 e. The number of unbranched alkanes of at least 4 members (excludes halogenated alkanes) is 1. The summed E-state index contributed by atoms with van der Waals surface area (Å²) in [5.41, 5.74) is -0.364. The first-order valence-corrected chi connectivity index (χ1v) is 9.53. The zero-order chi connectivity index (χ0) is 23.5. The lowest BCUT2D eigenvalue weighted by Crippen LogP contribution is -1.97. The van der Waals surface area contributed by atoms with Crippen LogP contribution in [0.15, 0.2) is 66.9 Å². The standard InChI is InChI=1S/C15H17N.C6H3N3O7/c1-2-8-14(9-3-1)10-4-5-11-15-12-6-7-13-16-15;10-6-4(8(13)14)1-3(7(11)12)2-5(6)9(15)16/h1-3,6-9,12-13H,4-5,10-11H2;1-2,10H. The molecule has 0 fully saturated rings. The highest BCUT2D eigenvalue weighted by molar-refractivity contribution is 5.64. The number of phenols is 1. The van der Waals surface area contributed by atoms with Crippen molar-refractivity contribution in [2.45, 2.75) is 25.7 Å². The molecule has 0 amide bonds. The molecule has 3 aromatic rings. The number of non-ortho nitro benzene ring substituents is 1. The van der Waals surface area contributed by atoms with Crippen molar-refractivity contribution in [1.29, 1.82) is 0 Å². The van der Waals surface area contributed by atoms with Crippen LogP contribution in [-0.4, -0.2) is 24.9 Å². The number of phenolic OH excluding ortho intramolecular Hbond substituents is 1. The second kappa shape index (κ2) is 11.7. The first-order valence-electron chi connectivity index (χ1n) is 9.53. The van der Waals surface area contributed by atoms with Gasteiger partial charge in [-0.2, -0.15) is 0 Å². The molecule has 2 aromatic carbocycles. The van der Waals surface area contributed by atoms with Crippen LogP contribution in [0.3, 0.4) is 0 Å². The molecule has 1 heterocycles. The molecule has 0 aliphatic heterocycles. The van der Waals surface area contributed by atoms with Gasteiger partial charge in [0.15, 0.2) is 0 Å². The van der Waals surface area contributed by atoms with Crippen molar-refractivity contribution in [3.8, 4) is 5.75 Å². The summed E-state index contributed by atoms with van der Waals surface area (Å²) in [6, 6.07) is 17.7. The molecule has 166 valence electrons. The Morgan fingerprint density at radius 1 is 0.750 bits per heavy atom. The van der Waals surface area contributed by atoms with Gasteiger partial charge in [-0.3, -0.25) is 35.3 Å². The minimum atomic E-state index is -1.21. The number of nitro benzene ring substituents is 3. The number of nitro groups is 3. The predicted molar refractivity (Wildman–Crippen MR) is 115 cm³/mol. The van der Waals surface area contributed by atoms with Crippen LogP contribution >= 0.6 is 0 Å². The average molecular weight is 440 g/mol. The van der Waals surface area contributed by atoms with Gasteiger partial charge in [0.1, 0.15) is 0 Å². The van der Waals surface area contributed by atoms with Crippen molar-refractivity contribution in [1.82, 2.24) is 4.98 Å². The lowest BCUT2D eigenvalue weighted by Gasteiger charge is -2.01. The van der Waals surface area contributed by atoms with Gasteiger partial charge in [-0.1, -0.05) is 36.4 Å². The maximum Gasteiger partial charge on any atom is 0.324 e. The van der Waals surface area contributed by atoms with E-state index in [0.717, 1.165) is 6.42 Å². The number of hydrogen-bond acceptors (Lipinski definition) is 8. The van der Waals surface area contributed by atoms with Crippen LogP contribution in [0.25, 0.3) is 0 Å². The van der Waals surface area contributed by atoms with E-state index < -0.39 is 37.6 Å². The predicted octanol–water partition coefficient (Wildman–Crippen LogP) is 4.76. The molecule has 0 saturated heterocycles. The average Bonchev–Trinajstić information content (AvgIpc) is 2.78. The van der Waals surface area contributed by atoms with Crippen LogP contribution < -0.4 is 0 Å².